The number of carbonyl (C=O) groups excluding carboxylic acids is 2. The first kappa shape index (κ1) is 20.9. The summed E-state index contributed by atoms with van der Waals surface area (Å²) in [7, 11) is 1.24. The molecule has 29 heavy (non-hydrogen) atoms. The second-order valence-corrected chi connectivity index (χ2v) is 7.71. The highest BCUT2D eigenvalue weighted by Crippen LogP contribution is 2.38. The number of carbonyl (C=O) groups is 2. The van der Waals surface area contributed by atoms with Crippen LogP contribution in [0.5, 0.6) is 0 Å². The van der Waals surface area contributed by atoms with Crippen molar-refractivity contribution < 1.29 is 18.8 Å². The molecular weight excluding hydrogens is 437 g/mol. The number of rotatable bonds is 4. The number of aryl methyl sites for hydroxylation is 1. The molecule has 0 unspecified atom stereocenters. The summed E-state index contributed by atoms with van der Waals surface area (Å²) in [5, 5.41) is 16.9. The third-order valence-electron chi connectivity index (χ3n) is 4.15. The molecule has 1 N–H and O–H groups in total. The molecule has 0 aliphatic heterocycles. The first-order valence-corrected chi connectivity index (χ1v) is 9.71. The van der Waals surface area contributed by atoms with Crippen LogP contribution in [0.2, 0.25) is 10.0 Å². The lowest BCUT2D eigenvalue weighted by atomic mass is 10.1. The first-order chi connectivity index (χ1) is 13.8. The Hall–Kier alpha value is -2.86. The van der Waals surface area contributed by atoms with Crippen molar-refractivity contribution in [2.45, 2.75) is 13.8 Å². The molecule has 3 aromatic rings. The van der Waals surface area contributed by atoms with Gasteiger partial charge in [0, 0.05) is 5.56 Å². The zero-order valence-corrected chi connectivity index (χ0v) is 17.8. The maximum absolute atomic E-state index is 13.0. The van der Waals surface area contributed by atoms with E-state index in [2.05, 4.69) is 10.5 Å². The van der Waals surface area contributed by atoms with E-state index < -0.39 is 11.9 Å². The number of nitriles is 1. The summed E-state index contributed by atoms with van der Waals surface area (Å²) in [5.74, 6) is -0.924. The number of nitrogens with one attached hydrogen (secondary N) is 1. The molecule has 0 aliphatic rings. The zero-order valence-electron chi connectivity index (χ0n) is 15.4. The molecule has 2 aromatic heterocycles. The monoisotopic (exact) mass is 449 g/mol. The minimum Gasteiger partial charge on any atom is -0.465 e. The van der Waals surface area contributed by atoms with Gasteiger partial charge in [-0.1, -0.05) is 34.4 Å². The van der Waals surface area contributed by atoms with E-state index in [1.165, 1.54) is 7.11 Å². The highest BCUT2D eigenvalue weighted by Gasteiger charge is 2.27. The van der Waals surface area contributed by atoms with Gasteiger partial charge in [-0.2, -0.15) is 5.26 Å². The number of nitrogens with zero attached hydrogens (tertiary/aromatic N) is 2. The predicted molar refractivity (Wildman–Crippen MR) is 110 cm³/mol. The van der Waals surface area contributed by atoms with Gasteiger partial charge in [-0.15, -0.1) is 11.3 Å². The Morgan fingerprint density at radius 2 is 1.93 bits per heavy atom. The molecule has 0 atom stereocenters. The van der Waals surface area contributed by atoms with Crippen LogP contribution in [0, 0.1) is 25.2 Å². The van der Waals surface area contributed by atoms with Crippen LogP contribution < -0.4 is 5.32 Å². The van der Waals surface area contributed by atoms with E-state index in [9.17, 15) is 14.9 Å². The van der Waals surface area contributed by atoms with Gasteiger partial charge in [-0.3, -0.25) is 4.79 Å². The molecular formula is C19H13Cl2N3O4S. The lowest BCUT2D eigenvalue weighted by Gasteiger charge is -2.07. The number of ether oxygens (including phenoxy) is 1. The second-order valence-electron chi connectivity index (χ2n) is 5.88. The van der Waals surface area contributed by atoms with Gasteiger partial charge in [0.05, 0.1) is 22.7 Å². The molecule has 0 radical (unpaired) electrons. The molecule has 1 aromatic carbocycles. The van der Waals surface area contributed by atoms with Gasteiger partial charge in [-0.25, -0.2) is 4.79 Å². The number of thiophene rings is 1. The lowest BCUT2D eigenvalue weighted by Crippen LogP contribution is -2.13. The Labute approximate surface area is 179 Å². The normalized spacial score (nSPS) is 10.5. The SMILES string of the molecule is COC(=O)c1sc(NC(=O)c2c(-c3c(Cl)cccc3Cl)noc2C)c(C#N)c1C. The molecule has 10 heteroatoms. The van der Waals surface area contributed by atoms with E-state index in [1.807, 2.05) is 6.07 Å². The molecule has 148 valence electrons. The number of aromatic nitrogens is 1. The van der Waals surface area contributed by atoms with Crippen molar-refractivity contribution in [3.8, 4) is 17.3 Å². The lowest BCUT2D eigenvalue weighted by molar-refractivity contribution is 0.0605. The number of benzene rings is 1. The minimum absolute atomic E-state index is 0.120. The Morgan fingerprint density at radius 3 is 2.52 bits per heavy atom. The van der Waals surface area contributed by atoms with E-state index in [1.54, 1.807) is 32.0 Å². The zero-order chi connectivity index (χ0) is 21.3. The highest BCUT2D eigenvalue weighted by molar-refractivity contribution is 7.18. The van der Waals surface area contributed by atoms with Crippen LogP contribution in [-0.2, 0) is 4.74 Å². The van der Waals surface area contributed by atoms with Crippen molar-refractivity contribution in [2.75, 3.05) is 12.4 Å². The van der Waals surface area contributed by atoms with Crippen LogP contribution >= 0.6 is 34.5 Å². The topological polar surface area (TPSA) is 105 Å². The summed E-state index contributed by atoms with van der Waals surface area (Å²) >= 11 is 13.4. The molecule has 0 aliphatic carbocycles. The quantitative estimate of drug-likeness (QED) is 0.546. The van der Waals surface area contributed by atoms with E-state index in [-0.39, 0.29) is 32.5 Å². The molecule has 0 saturated heterocycles. The van der Waals surface area contributed by atoms with Crippen molar-refractivity contribution in [1.82, 2.24) is 5.16 Å². The summed E-state index contributed by atoms with van der Waals surface area (Å²) in [4.78, 5) is 25.2. The standard InChI is InChI=1S/C19H13Cl2N3O4S/c1-8-10(7-22)18(29-16(8)19(26)27-3)23-17(25)13-9(2)28-24-15(13)14-11(20)5-4-6-12(14)21/h4-6H,1-3H3,(H,23,25). The van der Waals surface area contributed by atoms with Gasteiger partial charge >= 0.3 is 5.97 Å². The largest absolute Gasteiger partial charge is 0.465 e. The molecule has 2 heterocycles. The number of amides is 1. The summed E-state index contributed by atoms with van der Waals surface area (Å²) < 4.78 is 9.92. The number of hydrogen-bond acceptors (Lipinski definition) is 7. The van der Waals surface area contributed by atoms with Crippen molar-refractivity contribution >= 4 is 51.4 Å². The maximum atomic E-state index is 13.0. The van der Waals surface area contributed by atoms with Gasteiger partial charge in [0.15, 0.2) is 0 Å². The van der Waals surface area contributed by atoms with Crippen LogP contribution in [0.3, 0.4) is 0 Å². The van der Waals surface area contributed by atoms with E-state index >= 15 is 0 Å². The van der Waals surface area contributed by atoms with Gasteiger partial charge in [-0.05, 0) is 31.5 Å². The fraction of sp³-hybridized carbons (Fsp3) is 0.158. The Morgan fingerprint density at radius 1 is 1.28 bits per heavy atom. The van der Waals surface area contributed by atoms with Crippen LogP contribution in [0.1, 0.15) is 36.9 Å². The average molecular weight is 450 g/mol. The molecule has 0 saturated carbocycles. The average Bonchev–Trinajstić information content (AvgIpc) is 3.20. The smallest absolute Gasteiger partial charge is 0.348 e. The van der Waals surface area contributed by atoms with Crippen molar-refractivity contribution in [3.63, 3.8) is 0 Å². The van der Waals surface area contributed by atoms with Crippen LogP contribution in [-0.4, -0.2) is 24.1 Å². The van der Waals surface area contributed by atoms with Crippen molar-refractivity contribution in [2.24, 2.45) is 0 Å². The number of halogens is 2. The fourth-order valence-electron chi connectivity index (χ4n) is 2.72. The molecule has 1 amide bonds. The Bertz CT molecular complexity index is 1160. The van der Waals surface area contributed by atoms with Crippen molar-refractivity contribution in [1.29, 1.82) is 5.26 Å². The van der Waals surface area contributed by atoms with Crippen LogP contribution in [0.15, 0.2) is 22.7 Å². The number of methoxy groups -OCH3 is 1. The summed E-state index contributed by atoms with van der Waals surface area (Å²) in [6.07, 6.45) is 0. The van der Waals surface area contributed by atoms with Gasteiger partial charge < -0.3 is 14.6 Å². The Balaban J connectivity index is 2.06. The molecule has 0 bridgehead atoms. The molecule has 7 nitrogen and oxygen atoms in total. The first-order valence-electron chi connectivity index (χ1n) is 8.13. The summed E-state index contributed by atoms with van der Waals surface area (Å²) in [6.45, 7) is 3.18. The number of anilines is 1. The highest BCUT2D eigenvalue weighted by atomic mass is 35.5. The Kier molecular flexibility index (Phi) is 5.94. The van der Waals surface area contributed by atoms with Crippen molar-refractivity contribution in [3.05, 3.63) is 55.6 Å². The van der Waals surface area contributed by atoms with Gasteiger partial charge in [0.1, 0.15) is 33.0 Å². The van der Waals surface area contributed by atoms with Gasteiger partial charge in [0.25, 0.3) is 5.91 Å². The van der Waals surface area contributed by atoms with Crippen LogP contribution in [0.25, 0.3) is 11.3 Å². The van der Waals surface area contributed by atoms with E-state index in [0.29, 0.717) is 21.2 Å². The summed E-state index contributed by atoms with van der Waals surface area (Å²) in [6, 6.07) is 6.91. The predicted octanol–water partition coefficient (Wildman–Crippen LogP) is 5.24. The third-order valence-corrected chi connectivity index (χ3v) is 5.96. The minimum atomic E-state index is -0.589. The molecule has 3 rings (SSSR count). The van der Waals surface area contributed by atoms with E-state index in [4.69, 9.17) is 32.5 Å². The number of hydrogen-bond donors (Lipinski definition) is 1. The second kappa shape index (κ2) is 8.25. The molecule has 0 spiro atoms. The van der Waals surface area contributed by atoms with E-state index in [0.717, 1.165) is 11.3 Å². The number of esters is 1. The van der Waals surface area contributed by atoms with Gasteiger partial charge in [0.2, 0.25) is 0 Å². The summed E-state index contributed by atoms with van der Waals surface area (Å²) in [5.41, 5.74) is 1.26. The maximum Gasteiger partial charge on any atom is 0.348 e. The van der Waals surface area contributed by atoms with Crippen LogP contribution in [0.4, 0.5) is 5.00 Å². The fourth-order valence-corrected chi connectivity index (χ4v) is 4.37. The molecule has 0 fully saturated rings. The third kappa shape index (κ3) is 3.72.